The van der Waals surface area contributed by atoms with E-state index >= 15 is 0 Å². The quantitative estimate of drug-likeness (QED) is 0.818. The number of amides is 1. The predicted octanol–water partition coefficient (Wildman–Crippen LogP) is 2.25. The molecule has 0 radical (unpaired) electrons. The molecule has 0 N–H and O–H groups in total. The summed E-state index contributed by atoms with van der Waals surface area (Å²) in [5.74, 6) is -0.994. The van der Waals surface area contributed by atoms with Crippen LogP contribution in [0, 0.1) is 12.7 Å². The normalized spacial score (nSPS) is 25.3. The molecular weight excluding hydrogens is 350 g/mol. The van der Waals surface area contributed by atoms with E-state index in [0.29, 0.717) is 18.7 Å². The molecule has 25 heavy (non-hydrogen) atoms. The summed E-state index contributed by atoms with van der Waals surface area (Å²) in [6, 6.07) is 2.54. The van der Waals surface area contributed by atoms with E-state index in [0.717, 1.165) is 29.6 Å². The van der Waals surface area contributed by atoms with E-state index in [1.807, 2.05) is 0 Å². The van der Waals surface area contributed by atoms with Gasteiger partial charge >= 0.3 is 0 Å². The summed E-state index contributed by atoms with van der Waals surface area (Å²) in [5.41, 5.74) is 0.324. The fraction of sp³-hybridized carbons (Fsp3) is 0.588. The number of carbonyl (C=O) groups excluding carboxylic acids is 1. The third kappa shape index (κ3) is 3.55. The smallest absolute Gasteiger partial charge is 0.244 e. The van der Waals surface area contributed by atoms with Crippen LogP contribution in [0.25, 0.3) is 0 Å². The van der Waals surface area contributed by atoms with Crippen LogP contribution in [-0.4, -0.2) is 55.4 Å². The van der Waals surface area contributed by atoms with Crippen LogP contribution in [0.4, 0.5) is 8.78 Å². The third-order valence-electron chi connectivity index (χ3n) is 4.91. The van der Waals surface area contributed by atoms with Crippen molar-refractivity contribution >= 4 is 15.9 Å². The van der Waals surface area contributed by atoms with Crippen molar-refractivity contribution in [2.24, 2.45) is 0 Å². The summed E-state index contributed by atoms with van der Waals surface area (Å²) in [6.07, 6.45) is 1.22. The lowest BCUT2D eigenvalue weighted by atomic mass is 10.1. The molecule has 2 aliphatic rings. The largest absolute Gasteiger partial charge is 0.341 e. The van der Waals surface area contributed by atoms with E-state index in [2.05, 4.69) is 0 Å². The highest BCUT2D eigenvalue weighted by Crippen LogP contribution is 2.30. The van der Waals surface area contributed by atoms with Crippen LogP contribution in [-0.2, 0) is 14.8 Å². The van der Waals surface area contributed by atoms with Gasteiger partial charge in [-0.1, -0.05) is 6.07 Å². The first kappa shape index (κ1) is 18.3. The minimum absolute atomic E-state index is 0.150. The Labute approximate surface area is 146 Å². The summed E-state index contributed by atoms with van der Waals surface area (Å²) in [5, 5.41) is 0. The van der Waals surface area contributed by atoms with Gasteiger partial charge in [0.15, 0.2) is 0 Å². The zero-order valence-electron chi connectivity index (χ0n) is 14.1. The lowest BCUT2D eigenvalue weighted by Gasteiger charge is -2.32. The molecular formula is C17H22F2N2O3S. The first-order valence-corrected chi connectivity index (χ1v) is 9.95. The Hall–Kier alpha value is -1.54. The highest BCUT2D eigenvalue weighted by atomic mass is 32.2. The maximum atomic E-state index is 14.0. The minimum atomic E-state index is -4.14. The van der Waals surface area contributed by atoms with Crippen molar-refractivity contribution in [1.82, 2.24) is 9.21 Å². The zero-order valence-corrected chi connectivity index (χ0v) is 14.9. The van der Waals surface area contributed by atoms with Gasteiger partial charge < -0.3 is 4.90 Å². The van der Waals surface area contributed by atoms with Gasteiger partial charge in [-0.3, -0.25) is 4.79 Å². The molecule has 2 fully saturated rings. The number of alkyl halides is 1. The van der Waals surface area contributed by atoms with Crippen molar-refractivity contribution < 1.29 is 22.0 Å². The summed E-state index contributed by atoms with van der Waals surface area (Å²) in [6.45, 7) is 2.29. The second kappa shape index (κ2) is 6.99. The number of aryl methyl sites for hydroxylation is 1. The minimum Gasteiger partial charge on any atom is -0.341 e. The average Bonchev–Trinajstić information content (AvgIpc) is 3.00. The second-order valence-electron chi connectivity index (χ2n) is 6.72. The van der Waals surface area contributed by atoms with Crippen molar-refractivity contribution in [2.75, 3.05) is 19.6 Å². The van der Waals surface area contributed by atoms with Crippen LogP contribution >= 0.6 is 0 Å². The van der Waals surface area contributed by atoms with E-state index < -0.39 is 28.1 Å². The topological polar surface area (TPSA) is 57.7 Å². The second-order valence-corrected chi connectivity index (χ2v) is 8.61. The molecule has 2 unspecified atom stereocenters. The Kier molecular flexibility index (Phi) is 5.11. The molecule has 0 bridgehead atoms. The molecule has 2 heterocycles. The Bertz CT molecular complexity index is 763. The lowest BCUT2D eigenvalue weighted by Crippen LogP contribution is -2.49. The number of benzene rings is 1. The van der Waals surface area contributed by atoms with Gasteiger partial charge in [0.1, 0.15) is 18.0 Å². The number of hydrogen-bond acceptors (Lipinski definition) is 3. The molecule has 3 rings (SSSR count). The number of hydrogen-bond donors (Lipinski definition) is 0. The molecule has 2 saturated heterocycles. The van der Waals surface area contributed by atoms with Crippen molar-refractivity contribution in [2.45, 2.75) is 49.7 Å². The van der Waals surface area contributed by atoms with Gasteiger partial charge in [-0.25, -0.2) is 17.2 Å². The summed E-state index contributed by atoms with van der Waals surface area (Å²) in [7, 11) is -4.14. The maximum Gasteiger partial charge on any atom is 0.244 e. The molecule has 0 aromatic heterocycles. The summed E-state index contributed by atoms with van der Waals surface area (Å²) >= 11 is 0. The van der Waals surface area contributed by atoms with Crippen molar-refractivity contribution in [3.63, 3.8) is 0 Å². The Morgan fingerprint density at radius 2 is 1.88 bits per heavy atom. The Morgan fingerprint density at radius 1 is 1.20 bits per heavy atom. The first-order chi connectivity index (χ1) is 11.8. The molecule has 1 aromatic rings. The van der Waals surface area contributed by atoms with Gasteiger partial charge in [-0.2, -0.15) is 4.31 Å². The first-order valence-electron chi connectivity index (χ1n) is 8.51. The van der Waals surface area contributed by atoms with Crippen LogP contribution in [0.5, 0.6) is 0 Å². The standard InChI is InChI=1S/C17H22F2N2O3S/c1-12-5-6-14(10-15(12)19)25(23,24)21-11-13(18)9-16(21)17(22)20-7-3-2-4-8-20/h5-6,10,13,16H,2-4,7-9,11H2,1H3. The van der Waals surface area contributed by atoms with Crippen molar-refractivity contribution in [1.29, 1.82) is 0 Å². The highest BCUT2D eigenvalue weighted by molar-refractivity contribution is 7.89. The van der Waals surface area contributed by atoms with E-state index in [1.165, 1.54) is 19.1 Å². The molecule has 0 aliphatic carbocycles. The summed E-state index contributed by atoms with van der Waals surface area (Å²) < 4.78 is 54.4. The van der Waals surface area contributed by atoms with E-state index in [-0.39, 0.29) is 23.8 Å². The van der Waals surface area contributed by atoms with Crippen LogP contribution in [0.3, 0.4) is 0 Å². The number of halogens is 2. The van der Waals surface area contributed by atoms with E-state index in [9.17, 15) is 22.0 Å². The zero-order chi connectivity index (χ0) is 18.2. The molecule has 1 aromatic carbocycles. The van der Waals surface area contributed by atoms with Crippen molar-refractivity contribution in [3.05, 3.63) is 29.6 Å². The molecule has 0 spiro atoms. The van der Waals surface area contributed by atoms with Gasteiger partial charge in [0.25, 0.3) is 0 Å². The molecule has 1 amide bonds. The van der Waals surface area contributed by atoms with Crippen molar-refractivity contribution in [3.8, 4) is 0 Å². The van der Waals surface area contributed by atoms with E-state index in [4.69, 9.17) is 0 Å². The highest BCUT2D eigenvalue weighted by Gasteiger charge is 2.45. The van der Waals surface area contributed by atoms with Crippen LogP contribution in [0.2, 0.25) is 0 Å². The summed E-state index contributed by atoms with van der Waals surface area (Å²) in [4.78, 5) is 14.1. The van der Waals surface area contributed by atoms with Crippen LogP contribution < -0.4 is 0 Å². The van der Waals surface area contributed by atoms with Gasteiger partial charge in [-0.15, -0.1) is 0 Å². The fourth-order valence-corrected chi connectivity index (χ4v) is 5.07. The monoisotopic (exact) mass is 372 g/mol. The van der Waals surface area contributed by atoms with Crippen LogP contribution in [0.1, 0.15) is 31.2 Å². The number of sulfonamides is 1. The van der Waals surface area contributed by atoms with Gasteiger partial charge in [0.05, 0.1) is 4.90 Å². The SMILES string of the molecule is Cc1ccc(S(=O)(=O)N2CC(F)CC2C(=O)N2CCCCC2)cc1F. The predicted molar refractivity (Wildman–Crippen MR) is 88.8 cm³/mol. The third-order valence-corrected chi connectivity index (χ3v) is 6.78. The van der Waals surface area contributed by atoms with Gasteiger partial charge in [0.2, 0.25) is 15.9 Å². The molecule has 0 saturated carbocycles. The van der Waals surface area contributed by atoms with Gasteiger partial charge in [-0.05, 0) is 43.9 Å². The maximum absolute atomic E-state index is 14.0. The molecule has 5 nitrogen and oxygen atoms in total. The van der Waals surface area contributed by atoms with E-state index in [1.54, 1.807) is 4.90 Å². The number of carbonyl (C=O) groups is 1. The molecule has 138 valence electrons. The Morgan fingerprint density at radius 3 is 2.52 bits per heavy atom. The number of nitrogens with zero attached hydrogens (tertiary/aromatic N) is 2. The van der Waals surface area contributed by atoms with Crippen LogP contribution in [0.15, 0.2) is 23.1 Å². The molecule has 2 aliphatic heterocycles. The Balaban J connectivity index is 1.89. The number of piperidine rings is 1. The number of rotatable bonds is 3. The lowest BCUT2D eigenvalue weighted by molar-refractivity contribution is -0.135. The average molecular weight is 372 g/mol. The fourth-order valence-electron chi connectivity index (χ4n) is 3.44. The number of likely N-dealkylation sites (tertiary alicyclic amines) is 1. The van der Waals surface area contributed by atoms with Gasteiger partial charge in [0, 0.05) is 26.1 Å². The molecule has 8 heteroatoms. The molecule has 2 atom stereocenters.